The summed E-state index contributed by atoms with van der Waals surface area (Å²) in [6.07, 6.45) is 26.0. The van der Waals surface area contributed by atoms with Gasteiger partial charge < -0.3 is 33.8 Å². The summed E-state index contributed by atoms with van der Waals surface area (Å²) in [7, 11) is -9.84. The lowest BCUT2D eigenvalue weighted by atomic mass is 10.00. The number of rotatable bonds is 52. The van der Waals surface area contributed by atoms with Gasteiger partial charge in [0.25, 0.3) is 0 Å². The van der Waals surface area contributed by atoms with Gasteiger partial charge in [-0.05, 0) is 31.6 Å². The number of phosphoric acid groups is 2. The molecule has 0 aliphatic carbocycles. The molecular weight excluding hydrogens is 959 g/mol. The number of carbonyl (C=O) groups is 4. The van der Waals surface area contributed by atoms with E-state index in [0.29, 0.717) is 25.7 Å². The third-order valence-electron chi connectivity index (χ3n) is 12.1. The standard InChI is InChI=1S/C52H100O17P2/c1-6-10-13-16-17-18-19-20-21-28-33-38-52(57)69-48(42-63-50(55)36-31-27-23-22-26-29-34-45(5)9-4)44-67-71(60,61)65-40-46(53)39-64-70(58,59)66-43-47(68-51(56)37-32-25-15-12-8-3)41-62-49(54)35-30-24-14-11-7-2/h45-48,53H,6-44H2,1-5H3,(H,58,59)(H,60,61)/t45?,46-,47+,48+/m0/s1. The van der Waals surface area contributed by atoms with Crippen LogP contribution in [0.1, 0.15) is 247 Å². The van der Waals surface area contributed by atoms with E-state index < -0.39 is 97.5 Å². The summed E-state index contributed by atoms with van der Waals surface area (Å²) in [5.41, 5.74) is 0. The van der Waals surface area contributed by atoms with Crippen molar-refractivity contribution in [3.63, 3.8) is 0 Å². The van der Waals surface area contributed by atoms with Crippen LogP contribution in [0.15, 0.2) is 0 Å². The highest BCUT2D eigenvalue weighted by atomic mass is 31.2. The molecule has 0 spiro atoms. The molecule has 0 aromatic heterocycles. The van der Waals surface area contributed by atoms with Gasteiger partial charge in [0.05, 0.1) is 26.4 Å². The number of esters is 4. The van der Waals surface area contributed by atoms with Gasteiger partial charge in [-0.25, -0.2) is 9.13 Å². The van der Waals surface area contributed by atoms with Gasteiger partial charge in [0.15, 0.2) is 12.2 Å². The van der Waals surface area contributed by atoms with Gasteiger partial charge in [-0.15, -0.1) is 0 Å². The Hall–Kier alpha value is -1.94. The second-order valence-electron chi connectivity index (χ2n) is 19.2. The monoisotopic (exact) mass is 1060 g/mol. The smallest absolute Gasteiger partial charge is 0.462 e. The lowest BCUT2D eigenvalue weighted by molar-refractivity contribution is -0.161. The second kappa shape index (κ2) is 46.6. The molecule has 17 nitrogen and oxygen atoms in total. The van der Waals surface area contributed by atoms with Crippen LogP contribution in [-0.4, -0.2) is 96.7 Å². The van der Waals surface area contributed by atoms with Crippen molar-refractivity contribution in [3.05, 3.63) is 0 Å². The molecule has 0 bridgehead atoms. The number of unbranched alkanes of at least 4 members (excludes halogenated alkanes) is 23. The minimum atomic E-state index is -4.93. The number of carbonyl (C=O) groups excluding carboxylic acids is 4. The molecule has 0 aromatic rings. The van der Waals surface area contributed by atoms with Crippen molar-refractivity contribution in [3.8, 4) is 0 Å². The molecule has 71 heavy (non-hydrogen) atoms. The van der Waals surface area contributed by atoms with Crippen LogP contribution in [0.3, 0.4) is 0 Å². The summed E-state index contributed by atoms with van der Waals surface area (Å²) in [5.74, 6) is -1.44. The Morgan fingerprint density at radius 3 is 1.00 bits per heavy atom. The average molecular weight is 1060 g/mol. The van der Waals surface area contributed by atoms with Gasteiger partial charge in [0.1, 0.15) is 19.3 Å². The van der Waals surface area contributed by atoms with Crippen molar-refractivity contribution in [2.45, 2.75) is 265 Å². The molecule has 0 aromatic carbocycles. The molecule has 0 rings (SSSR count). The Balaban J connectivity index is 5.16. The molecule has 0 amide bonds. The SMILES string of the molecule is CCCCCCCCCCCCCC(=O)O[C@H](COC(=O)CCCCCCCCC(C)CC)COP(=O)(O)OC[C@@H](O)COP(=O)(O)OC[C@@H](COC(=O)CCCCCCC)OC(=O)CCCCCCC. The first-order valence-electron chi connectivity index (χ1n) is 27.7. The maximum absolute atomic E-state index is 12.8. The van der Waals surface area contributed by atoms with Gasteiger partial charge in [-0.2, -0.15) is 0 Å². The van der Waals surface area contributed by atoms with Crippen molar-refractivity contribution >= 4 is 39.5 Å². The van der Waals surface area contributed by atoms with Crippen LogP contribution in [0.25, 0.3) is 0 Å². The fourth-order valence-corrected chi connectivity index (χ4v) is 9.01. The normalized spacial score (nSPS) is 15.0. The Bertz CT molecular complexity index is 1420. The first kappa shape index (κ1) is 69.1. The van der Waals surface area contributed by atoms with E-state index in [1.165, 1.54) is 57.8 Å². The van der Waals surface area contributed by atoms with Gasteiger partial charge in [0, 0.05) is 25.7 Å². The van der Waals surface area contributed by atoms with Crippen molar-refractivity contribution in [2.24, 2.45) is 5.92 Å². The van der Waals surface area contributed by atoms with Crippen LogP contribution >= 0.6 is 15.6 Å². The average Bonchev–Trinajstić information content (AvgIpc) is 3.34. The van der Waals surface area contributed by atoms with Crippen molar-refractivity contribution in [1.82, 2.24) is 0 Å². The van der Waals surface area contributed by atoms with Crippen LogP contribution in [-0.2, 0) is 65.4 Å². The highest BCUT2D eigenvalue weighted by Crippen LogP contribution is 2.45. The highest BCUT2D eigenvalue weighted by molar-refractivity contribution is 7.47. The molecule has 3 unspecified atom stereocenters. The summed E-state index contributed by atoms with van der Waals surface area (Å²) in [6, 6.07) is 0. The number of hydrogen-bond donors (Lipinski definition) is 3. The van der Waals surface area contributed by atoms with E-state index in [9.17, 15) is 43.2 Å². The summed E-state index contributed by atoms with van der Waals surface area (Å²) >= 11 is 0. The fraction of sp³-hybridized carbons (Fsp3) is 0.923. The zero-order valence-electron chi connectivity index (χ0n) is 44.8. The number of hydrogen-bond acceptors (Lipinski definition) is 15. The molecule has 0 fully saturated rings. The van der Waals surface area contributed by atoms with E-state index >= 15 is 0 Å². The fourth-order valence-electron chi connectivity index (χ4n) is 7.43. The number of aliphatic hydroxyl groups excluding tert-OH is 1. The van der Waals surface area contributed by atoms with Gasteiger partial charge in [-0.3, -0.25) is 37.3 Å². The molecule has 0 heterocycles. The Kier molecular flexibility index (Phi) is 45.3. The third-order valence-corrected chi connectivity index (χ3v) is 14.0. The topological polar surface area (TPSA) is 237 Å². The van der Waals surface area contributed by atoms with Crippen molar-refractivity contribution in [2.75, 3.05) is 39.6 Å². The van der Waals surface area contributed by atoms with E-state index in [-0.39, 0.29) is 25.7 Å². The van der Waals surface area contributed by atoms with Crippen LogP contribution in [0.4, 0.5) is 0 Å². The lowest BCUT2D eigenvalue weighted by Gasteiger charge is -2.21. The number of phosphoric ester groups is 2. The van der Waals surface area contributed by atoms with Crippen LogP contribution in [0.2, 0.25) is 0 Å². The highest BCUT2D eigenvalue weighted by Gasteiger charge is 2.30. The van der Waals surface area contributed by atoms with Gasteiger partial charge >= 0.3 is 39.5 Å². The van der Waals surface area contributed by atoms with Crippen LogP contribution in [0.5, 0.6) is 0 Å². The van der Waals surface area contributed by atoms with Gasteiger partial charge in [-0.1, -0.05) is 195 Å². The van der Waals surface area contributed by atoms with E-state index in [1.54, 1.807) is 0 Å². The molecule has 0 saturated heterocycles. The molecule has 0 saturated carbocycles. The molecule has 6 atom stereocenters. The van der Waals surface area contributed by atoms with Crippen molar-refractivity contribution < 1.29 is 80.2 Å². The maximum atomic E-state index is 12.8. The summed E-state index contributed by atoms with van der Waals surface area (Å²) in [6.45, 7) is 6.87. The Labute approximate surface area is 428 Å². The van der Waals surface area contributed by atoms with E-state index in [1.807, 2.05) is 0 Å². The third kappa shape index (κ3) is 46.3. The van der Waals surface area contributed by atoms with Gasteiger partial charge in [0.2, 0.25) is 0 Å². The Morgan fingerprint density at radius 2 is 0.676 bits per heavy atom. The predicted octanol–water partition coefficient (Wildman–Crippen LogP) is 13.1. The summed E-state index contributed by atoms with van der Waals surface area (Å²) in [5, 5.41) is 10.4. The minimum absolute atomic E-state index is 0.0985. The molecule has 0 aliphatic rings. The van der Waals surface area contributed by atoms with Crippen molar-refractivity contribution in [1.29, 1.82) is 0 Å². The summed E-state index contributed by atoms with van der Waals surface area (Å²) < 4.78 is 67.0. The zero-order chi connectivity index (χ0) is 52.9. The van der Waals surface area contributed by atoms with E-state index in [4.69, 9.17) is 37.0 Å². The van der Waals surface area contributed by atoms with Crippen LogP contribution in [0, 0.1) is 5.92 Å². The maximum Gasteiger partial charge on any atom is 0.472 e. The summed E-state index contributed by atoms with van der Waals surface area (Å²) in [4.78, 5) is 71.1. The van der Waals surface area contributed by atoms with E-state index in [0.717, 1.165) is 109 Å². The molecule has 3 N–H and O–H groups in total. The largest absolute Gasteiger partial charge is 0.472 e. The van der Waals surface area contributed by atoms with Crippen LogP contribution < -0.4 is 0 Å². The predicted molar refractivity (Wildman–Crippen MR) is 275 cm³/mol. The molecule has 0 aliphatic heterocycles. The lowest BCUT2D eigenvalue weighted by Crippen LogP contribution is -2.30. The quantitative estimate of drug-likeness (QED) is 0.0222. The first-order valence-corrected chi connectivity index (χ1v) is 30.7. The Morgan fingerprint density at radius 1 is 0.394 bits per heavy atom. The van der Waals surface area contributed by atoms with E-state index in [2.05, 4.69) is 34.6 Å². The minimum Gasteiger partial charge on any atom is -0.462 e. The first-order chi connectivity index (χ1) is 34.1. The molecule has 420 valence electrons. The molecular formula is C52H100O17P2. The second-order valence-corrected chi connectivity index (χ2v) is 22.1. The number of ether oxygens (including phenoxy) is 4. The number of aliphatic hydroxyl groups is 1. The molecule has 19 heteroatoms. The molecule has 0 radical (unpaired) electrons. The zero-order valence-corrected chi connectivity index (χ0v) is 46.6.